The summed E-state index contributed by atoms with van der Waals surface area (Å²) in [5.41, 5.74) is 0. The first-order chi connectivity index (χ1) is 7.84. The van der Waals surface area contributed by atoms with Gasteiger partial charge in [0.2, 0.25) is 5.88 Å². The Labute approximate surface area is 96.8 Å². The Morgan fingerprint density at radius 3 is 2.88 bits per heavy atom. The van der Waals surface area contributed by atoms with Gasteiger partial charge in [-0.1, -0.05) is 0 Å². The lowest BCUT2D eigenvalue weighted by Crippen LogP contribution is -2.45. The SMILES string of the molecule is CN1CCN(CCOc2[c][c]ccn2)CC1. The molecule has 0 bridgehead atoms. The van der Waals surface area contributed by atoms with Gasteiger partial charge in [-0.2, -0.15) is 0 Å². The average Bonchev–Trinajstić information content (AvgIpc) is 2.33. The van der Waals surface area contributed by atoms with Crippen LogP contribution in [0.25, 0.3) is 0 Å². The predicted octanol–water partition coefficient (Wildman–Crippen LogP) is 0.308. The minimum absolute atomic E-state index is 0.539. The second-order valence-electron chi connectivity index (χ2n) is 4.01. The van der Waals surface area contributed by atoms with E-state index in [0.717, 1.165) is 32.7 Å². The number of rotatable bonds is 4. The third-order valence-corrected chi connectivity index (χ3v) is 2.77. The van der Waals surface area contributed by atoms with Crippen molar-refractivity contribution in [2.75, 3.05) is 46.4 Å². The number of piperazine rings is 1. The Morgan fingerprint density at radius 2 is 2.19 bits per heavy atom. The van der Waals surface area contributed by atoms with Crippen molar-refractivity contribution in [2.24, 2.45) is 0 Å². The smallest absolute Gasteiger partial charge is 0.222 e. The van der Waals surface area contributed by atoms with Crippen LogP contribution >= 0.6 is 0 Å². The summed E-state index contributed by atoms with van der Waals surface area (Å²) in [6.07, 6.45) is 1.67. The summed E-state index contributed by atoms with van der Waals surface area (Å²) >= 11 is 0. The van der Waals surface area contributed by atoms with Crippen molar-refractivity contribution >= 4 is 0 Å². The van der Waals surface area contributed by atoms with E-state index in [1.54, 1.807) is 12.3 Å². The van der Waals surface area contributed by atoms with Crippen LogP contribution in [0, 0.1) is 12.1 Å². The van der Waals surface area contributed by atoms with Gasteiger partial charge in [-0.3, -0.25) is 4.90 Å². The molecule has 1 fully saturated rings. The van der Waals surface area contributed by atoms with Crippen molar-refractivity contribution in [1.29, 1.82) is 0 Å². The summed E-state index contributed by atoms with van der Waals surface area (Å²) in [6, 6.07) is 7.37. The van der Waals surface area contributed by atoms with Crippen LogP contribution in [0.15, 0.2) is 12.3 Å². The number of hydrogen-bond donors (Lipinski definition) is 0. The highest BCUT2D eigenvalue weighted by atomic mass is 16.5. The number of nitrogens with zero attached hydrogens (tertiary/aromatic N) is 3. The quantitative estimate of drug-likeness (QED) is 0.728. The van der Waals surface area contributed by atoms with Gasteiger partial charge >= 0.3 is 0 Å². The molecule has 0 atom stereocenters. The van der Waals surface area contributed by atoms with Gasteiger partial charge in [0.1, 0.15) is 6.61 Å². The largest absolute Gasteiger partial charge is 0.476 e. The molecule has 0 aromatic carbocycles. The Morgan fingerprint density at radius 1 is 1.38 bits per heavy atom. The summed E-state index contributed by atoms with van der Waals surface area (Å²) < 4.78 is 5.48. The van der Waals surface area contributed by atoms with Crippen LogP contribution in [0.3, 0.4) is 0 Å². The second-order valence-corrected chi connectivity index (χ2v) is 4.01. The first-order valence-corrected chi connectivity index (χ1v) is 5.62. The van der Waals surface area contributed by atoms with Crippen LogP contribution < -0.4 is 4.74 Å². The molecule has 2 radical (unpaired) electrons. The normalized spacial score (nSPS) is 18.6. The molecule has 0 amide bonds. The van der Waals surface area contributed by atoms with Gasteiger partial charge in [0.25, 0.3) is 0 Å². The van der Waals surface area contributed by atoms with Gasteiger partial charge < -0.3 is 9.64 Å². The minimum Gasteiger partial charge on any atom is -0.476 e. The van der Waals surface area contributed by atoms with Crippen LogP contribution in [-0.4, -0.2) is 61.2 Å². The standard InChI is InChI=1S/C12H17N3O/c1-14-6-8-15(9-7-14)10-11-16-12-4-2-3-5-13-12/h3,5H,6-11H2,1H3. The summed E-state index contributed by atoms with van der Waals surface area (Å²) in [7, 11) is 2.16. The van der Waals surface area contributed by atoms with Crippen molar-refractivity contribution in [3.8, 4) is 5.88 Å². The van der Waals surface area contributed by atoms with Crippen molar-refractivity contribution in [3.05, 3.63) is 24.4 Å². The van der Waals surface area contributed by atoms with Crippen LogP contribution in [0.5, 0.6) is 5.88 Å². The monoisotopic (exact) mass is 219 g/mol. The molecule has 0 aliphatic carbocycles. The molecule has 0 spiro atoms. The van der Waals surface area contributed by atoms with E-state index >= 15 is 0 Å². The zero-order valence-corrected chi connectivity index (χ0v) is 9.65. The Bertz CT molecular complexity index is 296. The fourth-order valence-corrected chi connectivity index (χ4v) is 1.69. The second kappa shape index (κ2) is 5.82. The molecule has 2 heterocycles. The molecular formula is C12H17N3O. The third-order valence-electron chi connectivity index (χ3n) is 2.77. The van der Waals surface area contributed by atoms with E-state index in [0.29, 0.717) is 12.5 Å². The fraction of sp³-hybridized carbons (Fsp3) is 0.583. The molecule has 4 heteroatoms. The number of pyridine rings is 1. The first kappa shape index (κ1) is 11.4. The molecule has 2 rings (SSSR count). The van der Waals surface area contributed by atoms with Crippen LogP contribution in [-0.2, 0) is 0 Å². The average molecular weight is 219 g/mol. The van der Waals surface area contributed by atoms with E-state index in [1.807, 2.05) is 0 Å². The maximum atomic E-state index is 5.48. The van der Waals surface area contributed by atoms with Crippen LogP contribution in [0.2, 0.25) is 0 Å². The molecule has 0 saturated carbocycles. The van der Waals surface area contributed by atoms with Gasteiger partial charge in [-0.05, 0) is 19.2 Å². The van der Waals surface area contributed by atoms with Crippen molar-refractivity contribution in [1.82, 2.24) is 14.8 Å². The molecule has 4 nitrogen and oxygen atoms in total. The maximum Gasteiger partial charge on any atom is 0.222 e. The zero-order chi connectivity index (χ0) is 11.2. The molecule has 1 aliphatic heterocycles. The van der Waals surface area contributed by atoms with Gasteiger partial charge in [-0.15, -0.1) is 0 Å². The molecule has 1 aliphatic rings. The van der Waals surface area contributed by atoms with Crippen molar-refractivity contribution in [3.63, 3.8) is 0 Å². The molecular weight excluding hydrogens is 202 g/mol. The highest BCUT2D eigenvalue weighted by Crippen LogP contribution is 2.03. The molecule has 86 valence electrons. The number of ether oxygens (including phenoxy) is 1. The number of aromatic nitrogens is 1. The molecule has 1 aromatic heterocycles. The van der Waals surface area contributed by atoms with Gasteiger partial charge in [0.15, 0.2) is 0 Å². The van der Waals surface area contributed by atoms with Crippen LogP contribution in [0.1, 0.15) is 0 Å². The van der Waals surface area contributed by atoms with E-state index in [9.17, 15) is 0 Å². The van der Waals surface area contributed by atoms with E-state index in [4.69, 9.17) is 4.74 Å². The van der Waals surface area contributed by atoms with Gasteiger partial charge in [0, 0.05) is 38.9 Å². The minimum atomic E-state index is 0.539. The lowest BCUT2D eigenvalue weighted by molar-refractivity contribution is 0.132. The van der Waals surface area contributed by atoms with E-state index in [1.165, 1.54) is 0 Å². The highest BCUT2D eigenvalue weighted by Gasteiger charge is 2.12. The summed E-state index contributed by atoms with van der Waals surface area (Å²) in [4.78, 5) is 8.79. The number of likely N-dealkylation sites (N-methyl/N-ethyl adjacent to an activating group) is 1. The van der Waals surface area contributed by atoms with Crippen LogP contribution in [0.4, 0.5) is 0 Å². The fourth-order valence-electron chi connectivity index (χ4n) is 1.69. The Hall–Kier alpha value is -1.13. The van der Waals surface area contributed by atoms with Gasteiger partial charge in [-0.25, -0.2) is 4.98 Å². The molecule has 0 N–H and O–H groups in total. The van der Waals surface area contributed by atoms with Crippen molar-refractivity contribution in [2.45, 2.75) is 0 Å². The third kappa shape index (κ3) is 3.47. The molecule has 16 heavy (non-hydrogen) atoms. The molecule has 1 aromatic rings. The molecule has 0 unspecified atom stereocenters. The topological polar surface area (TPSA) is 28.6 Å². The summed E-state index contributed by atoms with van der Waals surface area (Å²) in [5.74, 6) is 0.539. The summed E-state index contributed by atoms with van der Waals surface area (Å²) in [5, 5.41) is 0. The Balaban J connectivity index is 1.65. The molecule has 1 saturated heterocycles. The van der Waals surface area contributed by atoms with E-state index in [-0.39, 0.29) is 0 Å². The zero-order valence-electron chi connectivity index (χ0n) is 9.65. The lowest BCUT2D eigenvalue weighted by Gasteiger charge is -2.32. The number of hydrogen-bond acceptors (Lipinski definition) is 4. The Kier molecular flexibility index (Phi) is 4.13. The van der Waals surface area contributed by atoms with E-state index in [2.05, 4.69) is 34.0 Å². The van der Waals surface area contributed by atoms with E-state index < -0.39 is 0 Å². The summed E-state index contributed by atoms with van der Waals surface area (Å²) in [6.45, 7) is 6.16. The predicted molar refractivity (Wildman–Crippen MR) is 61.3 cm³/mol. The van der Waals surface area contributed by atoms with Gasteiger partial charge in [0.05, 0.1) is 6.07 Å². The highest BCUT2D eigenvalue weighted by molar-refractivity contribution is 5.05. The lowest BCUT2D eigenvalue weighted by atomic mass is 10.3. The first-order valence-electron chi connectivity index (χ1n) is 5.62. The van der Waals surface area contributed by atoms with Crippen molar-refractivity contribution < 1.29 is 4.74 Å². The maximum absolute atomic E-state index is 5.48.